The van der Waals surface area contributed by atoms with E-state index < -0.39 is 5.41 Å². The molecule has 1 saturated carbocycles. The minimum atomic E-state index is -0.445. The van der Waals surface area contributed by atoms with Crippen LogP contribution >= 0.6 is 0 Å². The molecular weight excluding hydrogens is 414 g/mol. The molecule has 0 spiro atoms. The van der Waals surface area contributed by atoms with Crippen molar-refractivity contribution < 1.29 is 14.3 Å². The minimum Gasteiger partial charge on any atom is -0.497 e. The lowest BCUT2D eigenvalue weighted by molar-refractivity contribution is -0.139. The predicted molar refractivity (Wildman–Crippen MR) is 128 cm³/mol. The second kappa shape index (κ2) is 9.56. The lowest BCUT2D eigenvalue weighted by Gasteiger charge is -2.40. The highest BCUT2D eigenvalue weighted by molar-refractivity contribution is 5.88. The fourth-order valence-corrected chi connectivity index (χ4v) is 5.64. The van der Waals surface area contributed by atoms with Crippen LogP contribution in [0.1, 0.15) is 43.4 Å². The third kappa shape index (κ3) is 4.36. The van der Waals surface area contributed by atoms with Crippen LogP contribution in [0.3, 0.4) is 0 Å². The van der Waals surface area contributed by atoms with Crippen LogP contribution in [0, 0.1) is 5.92 Å². The molecule has 2 aliphatic rings. The van der Waals surface area contributed by atoms with E-state index in [1.165, 1.54) is 6.42 Å². The number of carbonyl (C=O) groups is 1. The molecule has 1 unspecified atom stereocenters. The summed E-state index contributed by atoms with van der Waals surface area (Å²) < 4.78 is 13.4. The fraction of sp³-hybridized carbons (Fsp3) is 0.481. The summed E-state index contributed by atoms with van der Waals surface area (Å²) in [6.45, 7) is 2.60. The lowest BCUT2D eigenvalue weighted by atomic mass is 9.68. The molecule has 3 aromatic rings. The van der Waals surface area contributed by atoms with E-state index in [1.54, 1.807) is 7.11 Å². The quantitative estimate of drug-likeness (QED) is 0.586. The maximum Gasteiger partial charge on any atom is 0.233 e. The number of rotatable bonds is 5. The molecule has 174 valence electrons. The van der Waals surface area contributed by atoms with Crippen molar-refractivity contribution in [2.45, 2.75) is 43.9 Å². The summed E-state index contributed by atoms with van der Waals surface area (Å²) in [5.74, 6) is 1.31. The van der Waals surface area contributed by atoms with Crippen LogP contribution in [0.15, 0.2) is 55.0 Å². The van der Waals surface area contributed by atoms with E-state index in [0.717, 1.165) is 54.6 Å². The molecule has 6 heteroatoms. The van der Waals surface area contributed by atoms with Crippen LogP contribution in [-0.4, -0.2) is 53.6 Å². The highest BCUT2D eigenvalue weighted by atomic mass is 16.5. The molecule has 5 rings (SSSR count). The van der Waals surface area contributed by atoms with Crippen molar-refractivity contribution in [1.29, 1.82) is 0 Å². The minimum absolute atomic E-state index is 0.224. The summed E-state index contributed by atoms with van der Waals surface area (Å²) >= 11 is 0. The zero-order valence-electron chi connectivity index (χ0n) is 19.4. The Labute approximate surface area is 195 Å². The molecule has 33 heavy (non-hydrogen) atoms. The number of benzene rings is 1. The molecule has 6 nitrogen and oxygen atoms in total. The fourth-order valence-electron chi connectivity index (χ4n) is 5.64. The predicted octanol–water partition coefficient (Wildman–Crippen LogP) is 4.26. The second-order valence-corrected chi connectivity index (χ2v) is 9.44. The van der Waals surface area contributed by atoms with E-state index >= 15 is 0 Å². The van der Waals surface area contributed by atoms with Crippen molar-refractivity contribution in [2.75, 3.05) is 33.4 Å². The van der Waals surface area contributed by atoms with Gasteiger partial charge in [-0.25, -0.2) is 0 Å². The summed E-state index contributed by atoms with van der Waals surface area (Å²) in [7, 11) is 1.68. The van der Waals surface area contributed by atoms with Crippen LogP contribution in [0.4, 0.5) is 0 Å². The van der Waals surface area contributed by atoms with Crippen LogP contribution in [0.5, 0.6) is 5.75 Å². The first-order valence-electron chi connectivity index (χ1n) is 12.1. The summed E-state index contributed by atoms with van der Waals surface area (Å²) in [6, 6.07) is 12.3. The highest BCUT2D eigenvalue weighted by Crippen LogP contribution is 2.42. The van der Waals surface area contributed by atoms with Crippen LogP contribution in [0.2, 0.25) is 0 Å². The monoisotopic (exact) mass is 447 g/mol. The van der Waals surface area contributed by atoms with E-state index in [0.29, 0.717) is 26.3 Å². The Morgan fingerprint density at radius 2 is 1.97 bits per heavy atom. The third-order valence-corrected chi connectivity index (χ3v) is 7.40. The molecule has 1 amide bonds. The maximum atomic E-state index is 14.2. The van der Waals surface area contributed by atoms with Gasteiger partial charge in [-0.05, 0) is 49.1 Å². The van der Waals surface area contributed by atoms with Crippen molar-refractivity contribution in [2.24, 2.45) is 5.92 Å². The molecular formula is C27H33N3O3. The SMILES string of the molecule is COc1ccc(C2(C(=O)N3CCOCC(Cc4nccn5cccc45)C3)CCCCC2)cc1. The highest BCUT2D eigenvalue weighted by Gasteiger charge is 2.44. The average Bonchev–Trinajstić information content (AvgIpc) is 3.24. The number of methoxy groups -OCH3 is 1. The Bertz CT molecular complexity index is 1090. The number of hydrogen-bond acceptors (Lipinski definition) is 4. The molecule has 0 bridgehead atoms. The molecule has 1 aliphatic carbocycles. The average molecular weight is 448 g/mol. The van der Waals surface area contributed by atoms with Gasteiger partial charge in [-0.15, -0.1) is 0 Å². The van der Waals surface area contributed by atoms with Gasteiger partial charge in [0.05, 0.1) is 36.9 Å². The van der Waals surface area contributed by atoms with E-state index in [1.807, 2.05) is 36.8 Å². The number of aromatic nitrogens is 2. The van der Waals surface area contributed by atoms with Gasteiger partial charge in [-0.1, -0.05) is 31.4 Å². The van der Waals surface area contributed by atoms with Crippen molar-refractivity contribution in [3.8, 4) is 5.75 Å². The van der Waals surface area contributed by atoms with Crippen molar-refractivity contribution in [1.82, 2.24) is 14.3 Å². The molecule has 2 fully saturated rings. The van der Waals surface area contributed by atoms with E-state index in [9.17, 15) is 4.79 Å². The third-order valence-electron chi connectivity index (χ3n) is 7.40. The molecule has 1 aromatic carbocycles. The van der Waals surface area contributed by atoms with Crippen LogP contribution in [-0.2, 0) is 21.4 Å². The largest absolute Gasteiger partial charge is 0.497 e. The zero-order valence-corrected chi connectivity index (χ0v) is 19.4. The number of amides is 1. The van der Waals surface area contributed by atoms with Crippen molar-refractivity contribution >= 4 is 11.4 Å². The molecule has 0 radical (unpaired) electrons. The zero-order chi connectivity index (χ0) is 22.7. The smallest absolute Gasteiger partial charge is 0.233 e. The van der Waals surface area contributed by atoms with Gasteiger partial charge in [-0.3, -0.25) is 9.78 Å². The summed E-state index contributed by atoms with van der Waals surface area (Å²) in [5, 5.41) is 0. The van der Waals surface area contributed by atoms with Gasteiger partial charge in [0.2, 0.25) is 5.91 Å². The molecule has 3 heterocycles. The van der Waals surface area contributed by atoms with Gasteiger partial charge in [-0.2, -0.15) is 0 Å². The van der Waals surface area contributed by atoms with E-state index in [4.69, 9.17) is 9.47 Å². The van der Waals surface area contributed by atoms with Crippen LogP contribution < -0.4 is 4.74 Å². The summed E-state index contributed by atoms with van der Waals surface area (Å²) in [6.07, 6.45) is 11.9. The van der Waals surface area contributed by atoms with Crippen molar-refractivity contribution in [3.05, 3.63) is 66.2 Å². The number of hydrogen-bond donors (Lipinski definition) is 0. The van der Waals surface area contributed by atoms with Crippen LogP contribution in [0.25, 0.3) is 5.52 Å². The topological polar surface area (TPSA) is 56.1 Å². The van der Waals surface area contributed by atoms with Gasteiger partial charge >= 0.3 is 0 Å². The Balaban J connectivity index is 1.39. The Morgan fingerprint density at radius 3 is 2.76 bits per heavy atom. The first kappa shape index (κ1) is 22.0. The molecule has 1 atom stereocenters. The van der Waals surface area contributed by atoms with Gasteiger partial charge in [0.25, 0.3) is 0 Å². The number of nitrogens with zero attached hydrogens (tertiary/aromatic N) is 3. The number of carbonyl (C=O) groups excluding carboxylic acids is 1. The van der Waals surface area contributed by atoms with E-state index in [-0.39, 0.29) is 11.8 Å². The maximum absolute atomic E-state index is 14.2. The summed E-state index contributed by atoms with van der Waals surface area (Å²) in [5.41, 5.74) is 2.86. The first-order chi connectivity index (χ1) is 16.2. The first-order valence-corrected chi connectivity index (χ1v) is 12.1. The van der Waals surface area contributed by atoms with Gasteiger partial charge in [0, 0.05) is 37.6 Å². The Morgan fingerprint density at radius 1 is 1.15 bits per heavy atom. The van der Waals surface area contributed by atoms with E-state index in [2.05, 4.69) is 32.5 Å². The number of ether oxygens (including phenoxy) is 2. The number of fused-ring (bicyclic) bond motifs is 1. The molecule has 1 saturated heterocycles. The Hall–Kier alpha value is -2.86. The lowest BCUT2D eigenvalue weighted by Crippen LogP contribution is -2.50. The van der Waals surface area contributed by atoms with Crippen molar-refractivity contribution in [3.63, 3.8) is 0 Å². The van der Waals surface area contributed by atoms with Gasteiger partial charge < -0.3 is 18.8 Å². The second-order valence-electron chi connectivity index (χ2n) is 9.44. The van der Waals surface area contributed by atoms with Gasteiger partial charge in [0.1, 0.15) is 5.75 Å². The molecule has 2 aromatic heterocycles. The molecule has 0 N–H and O–H groups in total. The summed E-state index contributed by atoms with van der Waals surface area (Å²) in [4.78, 5) is 20.9. The Kier molecular flexibility index (Phi) is 6.36. The van der Waals surface area contributed by atoms with Gasteiger partial charge in [0.15, 0.2) is 0 Å². The standard InChI is InChI=1S/C27H33N3O3/c1-32-23-9-7-22(8-10-23)27(11-3-2-4-12-27)26(31)30-16-17-33-20-21(19-30)18-24-25-6-5-14-29(25)15-13-28-24/h5-10,13-15,21H,2-4,11-12,16-20H2,1H3. The molecule has 1 aliphatic heterocycles. The normalized spacial score (nSPS) is 21.0.